The lowest BCUT2D eigenvalue weighted by atomic mass is 9.92. The van der Waals surface area contributed by atoms with Crippen LogP contribution in [0.1, 0.15) is 31.2 Å². The highest BCUT2D eigenvalue weighted by Gasteiger charge is 2.22. The molecule has 118 valence electrons. The summed E-state index contributed by atoms with van der Waals surface area (Å²) in [6, 6.07) is 5.50. The van der Waals surface area contributed by atoms with Gasteiger partial charge in [-0.1, -0.05) is 6.07 Å². The molecule has 1 aliphatic rings. The quantitative estimate of drug-likeness (QED) is 0.875. The summed E-state index contributed by atoms with van der Waals surface area (Å²) in [7, 11) is -0.237. The van der Waals surface area contributed by atoms with Crippen molar-refractivity contribution in [3.8, 4) is 0 Å². The van der Waals surface area contributed by atoms with Crippen LogP contribution in [-0.4, -0.2) is 34.7 Å². The topological polar surface area (TPSA) is 67.4 Å². The molecule has 0 spiro atoms. The van der Waals surface area contributed by atoms with E-state index in [0.717, 1.165) is 36.9 Å². The van der Waals surface area contributed by atoms with Crippen LogP contribution in [0.5, 0.6) is 0 Å². The fraction of sp³-hybridized carbons (Fsp3) is 0.600. The fourth-order valence-electron chi connectivity index (χ4n) is 2.75. The molecule has 0 radical (unpaired) electrons. The van der Waals surface area contributed by atoms with Crippen molar-refractivity contribution in [2.24, 2.45) is 0 Å². The number of methoxy groups -OCH3 is 1. The van der Waals surface area contributed by atoms with Gasteiger partial charge < -0.3 is 10.1 Å². The van der Waals surface area contributed by atoms with E-state index in [1.54, 1.807) is 19.2 Å². The van der Waals surface area contributed by atoms with Crippen LogP contribution in [-0.2, 0) is 14.8 Å². The maximum absolute atomic E-state index is 11.9. The van der Waals surface area contributed by atoms with Crippen molar-refractivity contribution >= 4 is 15.7 Å². The van der Waals surface area contributed by atoms with Gasteiger partial charge in [-0.05, 0) is 57.4 Å². The maximum atomic E-state index is 11.9. The van der Waals surface area contributed by atoms with Crippen molar-refractivity contribution in [1.82, 2.24) is 4.72 Å². The van der Waals surface area contributed by atoms with Crippen LogP contribution >= 0.6 is 0 Å². The van der Waals surface area contributed by atoms with Gasteiger partial charge in [0.1, 0.15) is 0 Å². The Kier molecular flexibility index (Phi) is 5.24. The molecule has 2 N–H and O–H groups in total. The third-order valence-corrected chi connectivity index (χ3v) is 5.52. The number of anilines is 1. The van der Waals surface area contributed by atoms with Gasteiger partial charge in [0.05, 0.1) is 11.0 Å². The minimum atomic E-state index is -3.41. The van der Waals surface area contributed by atoms with E-state index in [9.17, 15) is 8.42 Å². The van der Waals surface area contributed by atoms with Crippen LogP contribution in [0.2, 0.25) is 0 Å². The van der Waals surface area contributed by atoms with Gasteiger partial charge in [-0.3, -0.25) is 0 Å². The summed E-state index contributed by atoms with van der Waals surface area (Å²) in [5.41, 5.74) is 1.93. The number of ether oxygens (including phenoxy) is 1. The van der Waals surface area contributed by atoms with E-state index in [2.05, 4.69) is 10.0 Å². The van der Waals surface area contributed by atoms with Crippen molar-refractivity contribution in [1.29, 1.82) is 0 Å². The molecule has 1 aliphatic carbocycles. The normalized spacial score (nSPS) is 23.0. The molecule has 2 atom stereocenters. The highest BCUT2D eigenvalue weighted by Crippen LogP contribution is 2.26. The van der Waals surface area contributed by atoms with Gasteiger partial charge >= 0.3 is 0 Å². The molecular formula is C15H24N2O3S. The average molecular weight is 312 g/mol. The third kappa shape index (κ3) is 3.96. The molecule has 1 fully saturated rings. The molecule has 2 unspecified atom stereocenters. The lowest BCUT2D eigenvalue weighted by Gasteiger charge is -2.30. The Labute approximate surface area is 127 Å². The molecular weight excluding hydrogens is 288 g/mol. The van der Waals surface area contributed by atoms with E-state index >= 15 is 0 Å². The van der Waals surface area contributed by atoms with Crippen molar-refractivity contribution in [3.63, 3.8) is 0 Å². The second-order valence-electron chi connectivity index (χ2n) is 5.55. The van der Waals surface area contributed by atoms with Crippen molar-refractivity contribution < 1.29 is 13.2 Å². The van der Waals surface area contributed by atoms with Gasteiger partial charge in [0.15, 0.2) is 0 Å². The number of rotatable bonds is 5. The number of hydrogen-bond donors (Lipinski definition) is 2. The van der Waals surface area contributed by atoms with E-state index in [4.69, 9.17) is 4.74 Å². The molecule has 0 heterocycles. The molecule has 5 nitrogen and oxygen atoms in total. The molecule has 0 saturated heterocycles. The largest absolute Gasteiger partial charge is 0.382 e. The van der Waals surface area contributed by atoms with Crippen LogP contribution in [0.3, 0.4) is 0 Å². The Bertz CT molecular complexity index is 587. The van der Waals surface area contributed by atoms with Crippen LogP contribution in [0, 0.1) is 6.92 Å². The first-order chi connectivity index (χ1) is 9.96. The highest BCUT2D eigenvalue weighted by atomic mass is 32.2. The Morgan fingerprint density at radius 3 is 2.71 bits per heavy atom. The summed E-state index contributed by atoms with van der Waals surface area (Å²) in [5, 5.41) is 3.48. The third-order valence-electron chi connectivity index (χ3n) is 4.11. The van der Waals surface area contributed by atoms with Crippen molar-refractivity contribution in [2.45, 2.75) is 49.6 Å². The van der Waals surface area contributed by atoms with Gasteiger partial charge in [0.25, 0.3) is 0 Å². The Hall–Kier alpha value is -1.11. The summed E-state index contributed by atoms with van der Waals surface area (Å²) in [4.78, 5) is 0.289. The SMILES string of the molecule is CNS(=O)(=O)c1ccc(C)c(NC2CCCC(OC)C2)c1. The van der Waals surface area contributed by atoms with Crippen LogP contribution in [0.4, 0.5) is 5.69 Å². The number of benzene rings is 1. The predicted molar refractivity (Wildman–Crippen MR) is 84.1 cm³/mol. The molecule has 0 aliphatic heterocycles. The number of aryl methyl sites for hydroxylation is 1. The van der Waals surface area contributed by atoms with Gasteiger partial charge in [0, 0.05) is 18.8 Å². The Balaban J connectivity index is 2.18. The Morgan fingerprint density at radius 2 is 2.05 bits per heavy atom. The number of sulfonamides is 1. The first kappa shape index (κ1) is 16.3. The molecule has 6 heteroatoms. The molecule has 1 aromatic rings. The second-order valence-corrected chi connectivity index (χ2v) is 7.44. The van der Waals surface area contributed by atoms with Gasteiger partial charge in [-0.25, -0.2) is 13.1 Å². The Morgan fingerprint density at radius 1 is 1.29 bits per heavy atom. The van der Waals surface area contributed by atoms with Crippen molar-refractivity contribution in [3.05, 3.63) is 23.8 Å². The first-order valence-electron chi connectivity index (χ1n) is 7.30. The average Bonchev–Trinajstić information content (AvgIpc) is 2.49. The molecule has 2 rings (SSSR count). The van der Waals surface area contributed by atoms with E-state index < -0.39 is 10.0 Å². The summed E-state index contributed by atoms with van der Waals surface area (Å²) in [6.45, 7) is 1.98. The smallest absolute Gasteiger partial charge is 0.240 e. The summed E-state index contributed by atoms with van der Waals surface area (Å²) in [6.07, 6.45) is 4.56. The van der Waals surface area contributed by atoms with E-state index in [1.165, 1.54) is 7.05 Å². The lowest BCUT2D eigenvalue weighted by molar-refractivity contribution is 0.0669. The van der Waals surface area contributed by atoms with Crippen LogP contribution in [0.25, 0.3) is 0 Å². The lowest BCUT2D eigenvalue weighted by Crippen LogP contribution is -2.31. The molecule has 21 heavy (non-hydrogen) atoms. The first-order valence-corrected chi connectivity index (χ1v) is 8.78. The zero-order valence-electron chi connectivity index (χ0n) is 12.8. The predicted octanol–water partition coefficient (Wildman–Crippen LogP) is 2.27. The van der Waals surface area contributed by atoms with Crippen molar-refractivity contribution in [2.75, 3.05) is 19.5 Å². The second kappa shape index (κ2) is 6.77. The zero-order chi connectivity index (χ0) is 15.5. The molecule has 1 aromatic carbocycles. The minimum absolute atomic E-state index is 0.289. The van der Waals surface area contributed by atoms with Gasteiger partial charge in [-0.2, -0.15) is 0 Å². The number of nitrogens with one attached hydrogen (secondary N) is 2. The van der Waals surface area contributed by atoms with E-state index in [0.29, 0.717) is 12.1 Å². The number of hydrogen-bond acceptors (Lipinski definition) is 4. The molecule has 1 saturated carbocycles. The zero-order valence-corrected chi connectivity index (χ0v) is 13.7. The minimum Gasteiger partial charge on any atom is -0.382 e. The monoisotopic (exact) mass is 312 g/mol. The van der Waals surface area contributed by atoms with Gasteiger partial charge in [0.2, 0.25) is 10.0 Å². The van der Waals surface area contributed by atoms with E-state index in [1.807, 2.05) is 13.0 Å². The van der Waals surface area contributed by atoms with Crippen LogP contribution < -0.4 is 10.0 Å². The molecule has 0 bridgehead atoms. The summed E-state index contributed by atoms with van der Waals surface area (Å²) >= 11 is 0. The van der Waals surface area contributed by atoms with Gasteiger partial charge in [-0.15, -0.1) is 0 Å². The maximum Gasteiger partial charge on any atom is 0.240 e. The van der Waals surface area contributed by atoms with E-state index in [-0.39, 0.29) is 4.90 Å². The fourth-order valence-corrected chi connectivity index (χ4v) is 3.51. The standard InChI is InChI=1S/C15H24N2O3S/c1-11-7-8-14(21(18,19)16-2)10-15(11)17-12-5-4-6-13(9-12)20-3/h7-8,10,12-13,16-17H,4-6,9H2,1-3H3. The van der Waals surface area contributed by atoms with Crippen LogP contribution in [0.15, 0.2) is 23.1 Å². The molecule has 0 aromatic heterocycles. The summed E-state index contributed by atoms with van der Waals surface area (Å²) in [5.74, 6) is 0. The molecule has 0 amide bonds. The highest BCUT2D eigenvalue weighted by molar-refractivity contribution is 7.89. The summed E-state index contributed by atoms with van der Waals surface area (Å²) < 4.78 is 31.6.